The lowest BCUT2D eigenvalue weighted by molar-refractivity contribution is 0.482. The predicted octanol–water partition coefficient (Wildman–Crippen LogP) is 7.16. The number of aromatic hydroxyl groups is 1. The van der Waals surface area contributed by atoms with Crippen LogP contribution < -0.4 is 0 Å². The summed E-state index contributed by atoms with van der Waals surface area (Å²) in [5, 5.41) is 22.4. The monoisotopic (exact) mass is 344 g/mol. The van der Waals surface area contributed by atoms with Crippen LogP contribution in [0.15, 0.2) is 91.0 Å². The van der Waals surface area contributed by atoms with Crippen molar-refractivity contribution in [3.05, 3.63) is 91.0 Å². The number of phenolic OH excluding ortho intramolecular Hbond substituents is 1. The fourth-order valence-corrected chi connectivity index (χ4v) is 4.57. The first-order valence-corrected chi connectivity index (χ1v) is 9.19. The minimum absolute atomic E-state index is 0.337. The first kappa shape index (κ1) is 14.6. The quantitative estimate of drug-likeness (QED) is 0.290. The van der Waals surface area contributed by atoms with Crippen molar-refractivity contribution in [2.75, 3.05) is 0 Å². The van der Waals surface area contributed by atoms with Crippen molar-refractivity contribution in [3.63, 3.8) is 0 Å². The van der Waals surface area contributed by atoms with E-state index in [0.717, 1.165) is 16.2 Å². The molecule has 0 radical (unpaired) electrons. The van der Waals surface area contributed by atoms with Crippen LogP contribution in [0.2, 0.25) is 0 Å². The highest BCUT2D eigenvalue weighted by atomic mass is 16.3. The number of benzene rings is 6. The largest absolute Gasteiger partial charge is 0.507 e. The molecule has 0 aliphatic heterocycles. The van der Waals surface area contributed by atoms with Crippen LogP contribution in [0.3, 0.4) is 0 Å². The summed E-state index contributed by atoms with van der Waals surface area (Å²) in [6.45, 7) is 0. The highest BCUT2D eigenvalue weighted by Gasteiger charge is 2.14. The molecule has 0 bridgehead atoms. The molecule has 1 heteroatoms. The van der Waals surface area contributed by atoms with E-state index in [1.165, 1.54) is 37.7 Å². The Morgan fingerprint density at radius 2 is 0.926 bits per heavy atom. The number of phenols is 1. The molecule has 0 amide bonds. The first-order valence-electron chi connectivity index (χ1n) is 9.19. The lowest BCUT2D eigenvalue weighted by Crippen LogP contribution is -1.86. The molecule has 0 atom stereocenters. The second kappa shape index (κ2) is 5.21. The lowest BCUT2D eigenvalue weighted by atomic mass is 9.89. The maximum absolute atomic E-state index is 10.6. The van der Waals surface area contributed by atoms with Gasteiger partial charge in [0.1, 0.15) is 5.75 Å². The van der Waals surface area contributed by atoms with E-state index < -0.39 is 0 Å². The van der Waals surface area contributed by atoms with Crippen LogP contribution in [0.5, 0.6) is 5.75 Å². The van der Waals surface area contributed by atoms with E-state index in [9.17, 15) is 5.11 Å². The molecule has 0 aliphatic rings. The zero-order valence-electron chi connectivity index (χ0n) is 14.6. The van der Waals surface area contributed by atoms with E-state index in [4.69, 9.17) is 0 Å². The first-order chi connectivity index (χ1) is 13.3. The van der Waals surface area contributed by atoms with Gasteiger partial charge in [-0.1, -0.05) is 84.9 Å². The van der Waals surface area contributed by atoms with E-state index >= 15 is 0 Å². The Bertz CT molecular complexity index is 1500. The topological polar surface area (TPSA) is 20.2 Å². The zero-order chi connectivity index (χ0) is 18.0. The van der Waals surface area contributed by atoms with Gasteiger partial charge in [-0.25, -0.2) is 0 Å². The third kappa shape index (κ3) is 1.89. The number of rotatable bonds is 0. The Balaban J connectivity index is 2.06. The standard InChI is InChI=1S/C26H16O/c27-23-11-5-10-20-22-15-14-17-13-12-16-6-1-2-7-18(16)24(17)26(22)21-9-4-3-8-19(21)25(20)23/h1-15,27H. The van der Waals surface area contributed by atoms with Gasteiger partial charge >= 0.3 is 0 Å². The van der Waals surface area contributed by atoms with E-state index in [2.05, 4.69) is 72.8 Å². The fraction of sp³-hybridized carbons (Fsp3) is 0. The van der Waals surface area contributed by atoms with Gasteiger partial charge in [-0.3, -0.25) is 0 Å². The molecular weight excluding hydrogens is 328 g/mol. The summed E-state index contributed by atoms with van der Waals surface area (Å²) in [7, 11) is 0. The highest BCUT2D eigenvalue weighted by molar-refractivity contribution is 6.35. The van der Waals surface area contributed by atoms with Crippen LogP contribution in [0.25, 0.3) is 53.9 Å². The molecule has 6 rings (SSSR count). The minimum atomic E-state index is 0.337. The minimum Gasteiger partial charge on any atom is -0.507 e. The van der Waals surface area contributed by atoms with Gasteiger partial charge in [-0.05, 0) is 54.5 Å². The van der Waals surface area contributed by atoms with Crippen LogP contribution in [-0.2, 0) is 0 Å². The maximum atomic E-state index is 10.6. The van der Waals surface area contributed by atoms with Crippen LogP contribution in [0.1, 0.15) is 0 Å². The molecule has 1 nitrogen and oxygen atoms in total. The van der Waals surface area contributed by atoms with E-state index in [1.54, 1.807) is 6.07 Å². The van der Waals surface area contributed by atoms with Crippen molar-refractivity contribution >= 4 is 53.9 Å². The van der Waals surface area contributed by atoms with Crippen LogP contribution in [-0.4, -0.2) is 5.11 Å². The van der Waals surface area contributed by atoms with Crippen molar-refractivity contribution in [3.8, 4) is 5.75 Å². The average molecular weight is 344 g/mol. The SMILES string of the molecule is Oc1cccc2c3ccc4ccc5ccccc5c4c3c3ccccc3c12. The molecule has 0 saturated carbocycles. The smallest absolute Gasteiger partial charge is 0.124 e. The third-order valence-electron chi connectivity index (χ3n) is 5.71. The molecule has 0 spiro atoms. The van der Waals surface area contributed by atoms with Crippen LogP contribution in [0, 0.1) is 0 Å². The number of hydrogen-bond acceptors (Lipinski definition) is 1. The number of fused-ring (bicyclic) bond motifs is 10. The summed E-state index contributed by atoms with van der Waals surface area (Å²) in [5.74, 6) is 0.337. The van der Waals surface area contributed by atoms with Crippen molar-refractivity contribution in [1.29, 1.82) is 0 Å². The molecule has 126 valence electrons. The average Bonchev–Trinajstić information content (AvgIpc) is 2.73. The van der Waals surface area contributed by atoms with Gasteiger partial charge < -0.3 is 5.11 Å². The normalized spacial score (nSPS) is 11.9. The van der Waals surface area contributed by atoms with Gasteiger partial charge in [-0.15, -0.1) is 0 Å². The van der Waals surface area contributed by atoms with Crippen molar-refractivity contribution < 1.29 is 5.11 Å². The van der Waals surface area contributed by atoms with Gasteiger partial charge in [-0.2, -0.15) is 0 Å². The predicted molar refractivity (Wildman–Crippen MR) is 116 cm³/mol. The molecular formula is C26H16O. The summed E-state index contributed by atoms with van der Waals surface area (Å²) >= 11 is 0. The third-order valence-corrected chi connectivity index (χ3v) is 5.71. The van der Waals surface area contributed by atoms with Crippen molar-refractivity contribution in [1.82, 2.24) is 0 Å². The van der Waals surface area contributed by atoms with Gasteiger partial charge in [0.2, 0.25) is 0 Å². The molecule has 27 heavy (non-hydrogen) atoms. The van der Waals surface area contributed by atoms with Gasteiger partial charge in [0.15, 0.2) is 0 Å². The van der Waals surface area contributed by atoms with Gasteiger partial charge in [0.25, 0.3) is 0 Å². The second-order valence-electron chi connectivity index (χ2n) is 7.12. The molecule has 1 N–H and O–H groups in total. The lowest BCUT2D eigenvalue weighted by Gasteiger charge is -2.15. The maximum Gasteiger partial charge on any atom is 0.124 e. The molecule has 0 heterocycles. The Kier molecular flexibility index (Phi) is 2.81. The Morgan fingerprint density at radius 1 is 0.370 bits per heavy atom. The summed E-state index contributed by atoms with van der Waals surface area (Å²) in [6, 6.07) is 31.6. The molecule has 6 aromatic carbocycles. The Labute approximate surface area is 156 Å². The summed E-state index contributed by atoms with van der Waals surface area (Å²) in [5.41, 5.74) is 0. The summed E-state index contributed by atoms with van der Waals surface area (Å²) < 4.78 is 0. The highest BCUT2D eigenvalue weighted by Crippen LogP contribution is 2.43. The molecule has 0 aromatic heterocycles. The Hall–Kier alpha value is -3.58. The van der Waals surface area contributed by atoms with E-state index in [-0.39, 0.29) is 0 Å². The van der Waals surface area contributed by atoms with Crippen molar-refractivity contribution in [2.24, 2.45) is 0 Å². The molecule has 0 aliphatic carbocycles. The summed E-state index contributed by atoms with van der Waals surface area (Å²) in [6.07, 6.45) is 0. The van der Waals surface area contributed by atoms with Crippen molar-refractivity contribution in [2.45, 2.75) is 0 Å². The molecule has 6 aromatic rings. The van der Waals surface area contributed by atoms with E-state index in [0.29, 0.717) is 5.75 Å². The fourth-order valence-electron chi connectivity index (χ4n) is 4.57. The van der Waals surface area contributed by atoms with Gasteiger partial charge in [0.05, 0.1) is 0 Å². The molecule has 0 unspecified atom stereocenters. The second-order valence-corrected chi connectivity index (χ2v) is 7.12. The van der Waals surface area contributed by atoms with Crippen LogP contribution >= 0.6 is 0 Å². The summed E-state index contributed by atoms with van der Waals surface area (Å²) in [4.78, 5) is 0. The van der Waals surface area contributed by atoms with Crippen LogP contribution in [0.4, 0.5) is 0 Å². The number of hydrogen-bond donors (Lipinski definition) is 1. The Morgan fingerprint density at radius 3 is 1.74 bits per heavy atom. The van der Waals surface area contributed by atoms with Gasteiger partial charge in [0, 0.05) is 5.39 Å². The van der Waals surface area contributed by atoms with E-state index in [1.807, 2.05) is 12.1 Å². The molecule has 0 saturated heterocycles. The zero-order valence-corrected chi connectivity index (χ0v) is 14.6. The molecule has 0 fully saturated rings.